The molecule has 3 N–H and O–H groups in total. The summed E-state index contributed by atoms with van der Waals surface area (Å²) in [6.07, 6.45) is 0. The van der Waals surface area contributed by atoms with Gasteiger partial charge in [-0.25, -0.2) is 0 Å². The maximum Gasteiger partial charge on any atom is 0.145 e. The molecule has 0 saturated heterocycles. The minimum absolute atomic E-state index is 0.320. The highest BCUT2D eigenvalue weighted by atomic mass is 15.2. The van der Waals surface area contributed by atoms with E-state index in [9.17, 15) is 0 Å². The number of nitrogens with one attached hydrogen (secondary N) is 1. The summed E-state index contributed by atoms with van der Waals surface area (Å²) in [6.45, 7) is 8.59. The van der Waals surface area contributed by atoms with Crippen LogP contribution in [0.15, 0.2) is 6.07 Å². The average molecular weight is 196 g/mol. The largest absolute Gasteiger partial charge is 0.382 e. The first kappa shape index (κ1) is 11.0. The van der Waals surface area contributed by atoms with Crippen molar-refractivity contribution in [2.24, 2.45) is 5.41 Å². The van der Waals surface area contributed by atoms with Crippen LogP contribution in [-0.2, 0) is 6.54 Å². The lowest BCUT2D eigenvalue weighted by molar-refractivity contribution is 0.219. The van der Waals surface area contributed by atoms with Gasteiger partial charge in [-0.1, -0.05) is 20.8 Å². The summed E-state index contributed by atoms with van der Waals surface area (Å²) in [5, 5.41) is 6.80. The molecule has 1 aromatic heterocycles. The van der Waals surface area contributed by atoms with Gasteiger partial charge in [0.05, 0.1) is 5.69 Å². The Morgan fingerprint density at radius 3 is 2.57 bits per heavy atom. The summed E-state index contributed by atoms with van der Waals surface area (Å²) in [7, 11) is 2.10. The normalized spacial score (nSPS) is 12.4. The first-order valence-electron chi connectivity index (χ1n) is 4.85. The van der Waals surface area contributed by atoms with Gasteiger partial charge in [0, 0.05) is 19.2 Å². The number of hydrogen-bond donors (Lipinski definition) is 2. The third kappa shape index (κ3) is 3.79. The van der Waals surface area contributed by atoms with E-state index in [1.165, 1.54) is 0 Å². The Hall–Kier alpha value is -1.03. The fraction of sp³-hybridized carbons (Fsp3) is 0.700. The lowest BCUT2D eigenvalue weighted by Gasteiger charge is -2.25. The second-order valence-electron chi connectivity index (χ2n) is 5.05. The minimum Gasteiger partial charge on any atom is -0.382 e. The fourth-order valence-electron chi connectivity index (χ4n) is 1.62. The lowest BCUT2D eigenvalue weighted by atomic mass is 9.96. The van der Waals surface area contributed by atoms with Crippen molar-refractivity contribution in [2.45, 2.75) is 27.3 Å². The zero-order chi connectivity index (χ0) is 10.8. The number of rotatable bonds is 3. The van der Waals surface area contributed by atoms with Crippen LogP contribution in [0, 0.1) is 5.41 Å². The quantitative estimate of drug-likeness (QED) is 0.769. The van der Waals surface area contributed by atoms with Crippen LogP contribution in [0.5, 0.6) is 0 Å². The second kappa shape index (κ2) is 4.00. The zero-order valence-electron chi connectivity index (χ0n) is 9.46. The SMILES string of the molecule is CN(Cc1cc(N)n[nH]1)CC(C)(C)C. The van der Waals surface area contributed by atoms with Crippen molar-refractivity contribution < 1.29 is 0 Å². The molecular formula is C10H20N4. The fourth-order valence-corrected chi connectivity index (χ4v) is 1.62. The molecular weight excluding hydrogens is 176 g/mol. The van der Waals surface area contributed by atoms with Crippen molar-refractivity contribution in [3.8, 4) is 0 Å². The number of nitrogens with zero attached hydrogens (tertiary/aromatic N) is 2. The number of anilines is 1. The predicted molar refractivity (Wildman–Crippen MR) is 58.8 cm³/mol. The third-order valence-corrected chi connectivity index (χ3v) is 1.84. The van der Waals surface area contributed by atoms with Crippen molar-refractivity contribution in [2.75, 3.05) is 19.3 Å². The maximum absolute atomic E-state index is 5.52. The van der Waals surface area contributed by atoms with Gasteiger partial charge in [0.15, 0.2) is 0 Å². The molecule has 0 saturated carbocycles. The van der Waals surface area contributed by atoms with Crippen LogP contribution in [0.4, 0.5) is 5.82 Å². The van der Waals surface area contributed by atoms with E-state index in [1.807, 2.05) is 6.07 Å². The summed E-state index contributed by atoms with van der Waals surface area (Å²) in [6, 6.07) is 1.87. The number of nitrogens with two attached hydrogens (primary N) is 1. The molecule has 0 aliphatic rings. The van der Waals surface area contributed by atoms with Gasteiger partial charge in [0.25, 0.3) is 0 Å². The Balaban J connectivity index is 2.45. The molecule has 0 amide bonds. The highest BCUT2D eigenvalue weighted by molar-refractivity contribution is 5.28. The molecule has 0 atom stereocenters. The van der Waals surface area contributed by atoms with Crippen molar-refractivity contribution in [1.82, 2.24) is 15.1 Å². The molecule has 4 heteroatoms. The van der Waals surface area contributed by atoms with Gasteiger partial charge in [0.2, 0.25) is 0 Å². The Morgan fingerprint density at radius 1 is 1.50 bits per heavy atom. The number of aromatic nitrogens is 2. The molecule has 0 unspecified atom stereocenters. The summed E-state index contributed by atoms with van der Waals surface area (Å²) >= 11 is 0. The lowest BCUT2D eigenvalue weighted by Crippen LogP contribution is -2.28. The zero-order valence-corrected chi connectivity index (χ0v) is 9.46. The van der Waals surface area contributed by atoms with Gasteiger partial charge in [-0.05, 0) is 12.5 Å². The van der Waals surface area contributed by atoms with Crippen LogP contribution in [0.25, 0.3) is 0 Å². The smallest absolute Gasteiger partial charge is 0.145 e. The summed E-state index contributed by atoms with van der Waals surface area (Å²) in [5.74, 6) is 0.559. The van der Waals surface area contributed by atoms with Gasteiger partial charge in [-0.2, -0.15) is 5.10 Å². The predicted octanol–water partition coefficient (Wildman–Crippen LogP) is 1.47. The Kier molecular flexibility index (Phi) is 3.16. The third-order valence-electron chi connectivity index (χ3n) is 1.84. The highest BCUT2D eigenvalue weighted by Gasteiger charge is 2.13. The topological polar surface area (TPSA) is 57.9 Å². The van der Waals surface area contributed by atoms with E-state index >= 15 is 0 Å². The van der Waals surface area contributed by atoms with Gasteiger partial charge >= 0.3 is 0 Å². The van der Waals surface area contributed by atoms with E-state index in [4.69, 9.17) is 5.73 Å². The number of H-pyrrole nitrogens is 1. The van der Waals surface area contributed by atoms with E-state index < -0.39 is 0 Å². The second-order valence-corrected chi connectivity index (χ2v) is 5.05. The Labute approximate surface area is 85.5 Å². The van der Waals surface area contributed by atoms with Crippen LogP contribution in [0.1, 0.15) is 26.5 Å². The van der Waals surface area contributed by atoms with Gasteiger partial charge in [-0.3, -0.25) is 5.10 Å². The van der Waals surface area contributed by atoms with E-state index in [-0.39, 0.29) is 0 Å². The average Bonchev–Trinajstić information content (AvgIpc) is 2.30. The molecule has 80 valence electrons. The van der Waals surface area contributed by atoms with Crippen molar-refractivity contribution in [3.63, 3.8) is 0 Å². The Bertz CT molecular complexity index is 285. The number of nitrogen functional groups attached to an aromatic ring is 1. The van der Waals surface area contributed by atoms with E-state index in [0.717, 1.165) is 18.8 Å². The van der Waals surface area contributed by atoms with E-state index in [1.54, 1.807) is 0 Å². The van der Waals surface area contributed by atoms with Gasteiger partial charge in [0.1, 0.15) is 5.82 Å². The van der Waals surface area contributed by atoms with Crippen molar-refractivity contribution >= 4 is 5.82 Å². The standard InChI is InChI=1S/C10H20N4/c1-10(2,3)7-14(4)6-8-5-9(11)13-12-8/h5H,6-7H2,1-4H3,(H3,11,12,13). The molecule has 0 radical (unpaired) electrons. The molecule has 0 aliphatic heterocycles. The minimum atomic E-state index is 0.320. The van der Waals surface area contributed by atoms with Crippen molar-refractivity contribution in [3.05, 3.63) is 11.8 Å². The highest BCUT2D eigenvalue weighted by Crippen LogP contribution is 2.15. The number of hydrogen-bond acceptors (Lipinski definition) is 3. The number of aromatic amines is 1. The monoisotopic (exact) mass is 196 g/mol. The molecule has 1 aromatic rings. The summed E-state index contributed by atoms with van der Waals surface area (Å²) in [4.78, 5) is 2.26. The van der Waals surface area contributed by atoms with E-state index in [2.05, 4.69) is 42.9 Å². The molecule has 0 aliphatic carbocycles. The molecule has 0 bridgehead atoms. The molecule has 14 heavy (non-hydrogen) atoms. The van der Waals surface area contributed by atoms with Crippen LogP contribution in [-0.4, -0.2) is 28.7 Å². The summed E-state index contributed by atoms with van der Waals surface area (Å²) < 4.78 is 0. The van der Waals surface area contributed by atoms with Crippen LogP contribution in [0.3, 0.4) is 0 Å². The first-order chi connectivity index (χ1) is 6.37. The van der Waals surface area contributed by atoms with Crippen molar-refractivity contribution in [1.29, 1.82) is 0 Å². The Morgan fingerprint density at radius 2 is 2.14 bits per heavy atom. The van der Waals surface area contributed by atoms with Gasteiger partial charge in [-0.15, -0.1) is 0 Å². The van der Waals surface area contributed by atoms with Gasteiger partial charge < -0.3 is 10.6 Å². The molecule has 0 fully saturated rings. The van der Waals surface area contributed by atoms with Crippen LogP contribution >= 0.6 is 0 Å². The van der Waals surface area contributed by atoms with Crippen LogP contribution in [0.2, 0.25) is 0 Å². The molecule has 1 rings (SSSR count). The molecule has 4 nitrogen and oxygen atoms in total. The summed E-state index contributed by atoms with van der Waals surface area (Å²) in [5.41, 5.74) is 6.90. The van der Waals surface area contributed by atoms with E-state index in [0.29, 0.717) is 11.2 Å². The first-order valence-corrected chi connectivity index (χ1v) is 4.85. The molecule has 0 spiro atoms. The molecule has 0 aromatic carbocycles. The van der Waals surface area contributed by atoms with Crippen LogP contribution < -0.4 is 5.73 Å². The molecule has 1 heterocycles. The maximum atomic E-state index is 5.52.